The summed E-state index contributed by atoms with van der Waals surface area (Å²) in [6, 6.07) is 0. The van der Waals surface area contributed by atoms with E-state index in [1.165, 1.54) is 24.3 Å². The molecule has 5 heteroatoms. The van der Waals surface area contributed by atoms with Gasteiger partial charge in [0.15, 0.2) is 0 Å². The van der Waals surface area contributed by atoms with Crippen molar-refractivity contribution in [3.8, 4) is 0 Å². The number of anilines is 2. The second-order valence-corrected chi connectivity index (χ2v) is 5.94. The molecular formula is C12H20N4S. The quantitative estimate of drug-likeness (QED) is 0.861. The van der Waals surface area contributed by atoms with Gasteiger partial charge in [0.05, 0.1) is 0 Å². The summed E-state index contributed by atoms with van der Waals surface area (Å²) in [7, 11) is 0. The smallest absolute Gasteiger partial charge is 0.134 e. The molecule has 94 valence electrons. The fourth-order valence-corrected chi connectivity index (χ4v) is 3.39. The predicted octanol–water partition coefficient (Wildman–Crippen LogP) is 2.35. The Labute approximate surface area is 107 Å². The van der Waals surface area contributed by atoms with E-state index in [0.29, 0.717) is 11.7 Å². The van der Waals surface area contributed by atoms with Crippen molar-refractivity contribution in [1.82, 2.24) is 9.97 Å². The predicted molar refractivity (Wildman–Crippen MR) is 74.5 cm³/mol. The van der Waals surface area contributed by atoms with E-state index in [1.807, 2.05) is 11.8 Å². The molecule has 0 saturated carbocycles. The van der Waals surface area contributed by atoms with E-state index in [-0.39, 0.29) is 0 Å². The minimum atomic E-state index is 0.344. The maximum Gasteiger partial charge on any atom is 0.134 e. The van der Waals surface area contributed by atoms with Gasteiger partial charge in [0, 0.05) is 12.1 Å². The minimum Gasteiger partial charge on any atom is -0.383 e. The van der Waals surface area contributed by atoms with Gasteiger partial charge in [0.2, 0.25) is 0 Å². The van der Waals surface area contributed by atoms with Crippen molar-refractivity contribution in [2.45, 2.75) is 26.2 Å². The lowest BCUT2D eigenvalue weighted by atomic mass is 10.0. The topological polar surface area (TPSA) is 63.8 Å². The number of nitrogen functional groups attached to an aromatic ring is 1. The van der Waals surface area contributed by atoms with E-state index >= 15 is 0 Å². The second-order valence-electron chi connectivity index (χ2n) is 4.79. The van der Waals surface area contributed by atoms with Crippen LogP contribution in [0.1, 0.15) is 31.7 Å². The van der Waals surface area contributed by atoms with E-state index in [9.17, 15) is 0 Å². The summed E-state index contributed by atoms with van der Waals surface area (Å²) in [5.74, 6) is 5.15. The highest BCUT2D eigenvalue weighted by Crippen LogP contribution is 2.28. The van der Waals surface area contributed by atoms with Crippen LogP contribution in [0, 0.1) is 5.92 Å². The first-order valence-electron chi connectivity index (χ1n) is 6.10. The van der Waals surface area contributed by atoms with E-state index < -0.39 is 0 Å². The average molecular weight is 252 g/mol. The van der Waals surface area contributed by atoms with Crippen LogP contribution in [0.25, 0.3) is 0 Å². The molecule has 4 nitrogen and oxygen atoms in total. The minimum absolute atomic E-state index is 0.344. The molecule has 2 rings (SSSR count). The molecule has 3 N–H and O–H groups in total. The molecule has 0 bridgehead atoms. The van der Waals surface area contributed by atoms with Gasteiger partial charge in [-0.3, -0.25) is 0 Å². The standard InChI is InChI=1S/C12H20N4S/c1-8(2)10-11(13)15-7-16-12(10)14-5-9-3-4-17-6-9/h7-9H,3-6H2,1-2H3,(H3,13,14,15,16). The second kappa shape index (κ2) is 5.58. The molecule has 1 aromatic heterocycles. The summed E-state index contributed by atoms with van der Waals surface area (Å²) in [6.45, 7) is 5.22. The van der Waals surface area contributed by atoms with Gasteiger partial charge in [-0.1, -0.05) is 13.8 Å². The number of nitrogens with two attached hydrogens (primary N) is 1. The van der Waals surface area contributed by atoms with Crippen LogP contribution in [0.4, 0.5) is 11.6 Å². The SMILES string of the molecule is CC(C)c1c(N)ncnc1NCC1CCSC1. The van der Waals surface area contributed by atoms with Gasteiger partial charge in [0.25, 0.3) is 0 Å². The van der Waals surface area contributed by atoms with Crippen molar-refractivity contribution < 1.29 is 0 Å². The van der Waals surface area contributed by atoms with Gasteiger partial charge in [-0.05, 0) is 29.8 Å². The third kappa shape index (κ3) is 3.03. The van der Waals surface area contributed by atoms with Crippen LogP contribution in [0.3, 0.4) is 0 Å². The van der Waals surface area contributed by atoms with Crippen LogP contribution in [0.5, 0.6) is 0 Å². The van der Waals surface area contributed by atoms with E-state index in [1.54, 1.807) is 0 Å². The summed E-state index contributed by atoms with van der Waals surface area (Å²) in [6.07, 6.45) is 2.84. The Kier molecular flexibility index (Phi) is 4.10. The number of hydrogen-bond acceptors (Lipinski definition) is 5. The molecule has 0 aliphatic carbocycles. The van der Waals surface area contributed by atoms with Gasteiger partial charge in [-0.25, -0.2) is 9.97 Å². The monoisotopic (exact) mass is 252 g/mol. The van der Waals surface area contributed by atoms with Gasteiger partial charge in [-0.2, -0.15) is 11.8 Å². The molecule has 17 heavy (non-hydrogen) atoms. The molecule has 1 fully saturated rings. The van der Waals surface area contributed by atoms with Gasteiger partial charge in [0.1, 0.15) is 18.0 Å². The summed E-state index contributed by atoms with van der Waals surface area (Å²) in [5.41, 5.74) is 6.95. The van der Waals surface area contributed by atoms with Crippen LogP contribution in [0.2, 0.25) is 0 Å². The molecule has 1 aliphatic heterocycles. The number of nitrogens with one attached hydrogen (secondary N) is 1. The van der Waals surface area contributed by atoms with Crippen LogP contribution in [0.15, 0.2) is 6.33 Å². The van der Waals surface area contributed by atoms with Crippen molar-refractivity contribution in [3.05, 3.63) is 11.9 Å². The third-order valence-electron chi connectivity index (χ3n) is 3.07. The van der Waals surface area contributed by atoms with Crippen molar-refractivity contribution >= 4 is 23.4 Å². The van der Waals surface area contributed by atoms with Crippen molar-refractivity contribution in [2.75, 3.05) is 29.1 Å². The third-order valence-corrected chi connectivity index (χ3v) is 4.31. The Morgan fingerprint density at radius 3 is 3.00 bits per heavy atom. The van der Waals surface area contributed by atoms with Gasteiger partial charge < -0.3 is 11.1 Å². The van der Waals surface area contributed by atoms with E-state index in [4.69, 9.17) is 5.73 Å². The molecule has 1 aromatic rings. The Hall–Kier alpha value is -0.970. The highest BCUT2D eigenvalue weighted by molar-refractivity contribution is 7.99. The highest BCUT2D eigenvalue weighted by atomic mass is 32.2. The van der Waals surface area contributed by atoms with Gasteiger partial charge in [-0.15, -0.1) is 0 Å². The summed E-state index contributed by atoms with van der Waals surface area (Å²) >= 11 is 2.03. The van der Waals surface area contributed by atoms with E-state index in [0.717, 1.165) is 23.8 Å². The Morgan fingerprint density at radius 1 is 1.53 bits per heavy atom. The lowest BCUT2D eigenvalue weighted by Gasteiger charge is -2.16. The summed E-state index contributed by atoms with van der Waals surface area (Å²) in [4.78, 5) is 8.38. The molecule has 0 aromatic carbocycles. The number of rotatable bonds is 4. The normalized spacial score (nSPS) is 19.8. The Morgan fingerprint density at radius 2 is 2.35 bits per heavy atom. The van der Waals surface area contributed by atoms with Gasteiger partial charge >= 0.3 is 0 Å². The zero-order valence-corrected chi connectivity index (χ0v) is 11.3. The first-order valence-corrected chi connectivity index (χ1v) is 7.26. The molecule has 0 radical (unpaired) electrons. The van der Waals surface area contributed by atoms with Crippen LogP contribution in [-0.4, -0.2) is 28.0 Å². The van der Waals surface area contributed by atoms with Crippen molar-refractivity contribution in [2.24, 2.45) is 5.92 Å². The molecule has 2 heterocycles. The average Bonchev–Trinajstić information content (AvgIpc) is 2.78. The number of aromatic nitrogens is 2. The first kappa shape index (κ1) is 12.5. The summed E-state index contributed by atoms with van der Waals surface area (Å²) < 4.78 is 0. The molecule has 1 atom stereocenters. The molecule has 0 spiro atoms. The summed E-state index contributed by atoms with van der Waals surface area (Å²) in [5, 5.41) is 3.43. The lowest BCUT2D eigenvalue weighted by molar-refractivity contribution is 0.629. The maximum absolute atomic E-state index is 5.91. The maximum atomic E-state index is 5.91. The van der Waals surface area contributed by atoms with E-state index in [2.05, 4.69) is 29.1 Å². The largest absolute Gasteiger partial charge is 0.383 e. The van der Waals surface area contributed by atoms with Crippen LogP contribution < -0.4 is 11.1 Å². The van der Waals surface area contributed by atoms with Crippen molar-refractivity contribution in [3.63, 3.8) is 0 Å². The number of thioether (sulfide) groups is 1. The number of nitrogens with zero attached hydrogens (tertiary/aromatic N) is 2. The molecular weight excluding hydrogens is 232 g/mol. The highest BCUT2D eigenvalue weighted by Gasteiger charge is 2.17. The molecule has 1 unspecified atom stereocenters. The molecule has 1 saturated heterocycles. The Balaban J connectivity index is 2.06. The first-order chi connectivity index (χ1) is 8.18. The van der Waals surface area contributed by atoms with Crippen molar-refractivity contribution in [1.29, 1.82) is 0 Å². The van der Waals surface area contributed by atoms with Crippen LogP contribution >= 0.6 is 11.8 Å². The van der Waals surface area contributed by atoms with Crippen LogP contribution in [-0.2, 0) is 0 Å². The fourth-order valence-electron chi connectivity index (χ4n) is 2.10. The zero-order valence-electron chi connectivity index (χ0n) is 10.4. The Bertz CT molecular complexity index is 375. The lowest BCUT2D eigenvalue weighted by Crippen LogP contribution is -2.16. The zero-order chi connectivity index (χ0) is 12.3. The molecule has 1 aliphatic rings. The number of hydrogen-bond donors (Lipinski definition) is 2. The molecule has 0 amide bonds. The fraction of sp³-hybridized carbons (Fsp3) is 0.667.